The van der Waals surface area contributed by atoms with Crippen LogP contribution in [-0.4, -0.2) is 53.3 Å². The molecule has 6 rings (SSSR count). The highest BCUT2D eigenvalue weighted by molar-refractivity contribution is 6.01. The quantitative estimate of drug-likeness (QED) is 0.476. The minimum Gasteiger partial charge on any atom is -0.458 e. The van der Waals surface area contributed by atoms with Crippen LogP contribution in [0.2, 0.25) is 0 Å². The van der Waals surface area contributed by atoms with Crippen molar-refractivity contribution in [3.63, 3.8) is 0 Å². The van der Waals surface area contributed by atoms with Gasteiger partial charge in [0, 0.05) is 17.8 Å². The number of epoxide rings is 1. The summed E-state index contributed by atoms with van der Waals surface area (Å²) in [4.78, 5) is 37.3. The third-order valence-electron chi connectivity index (χ3n) is 9.75. The molecule has 7 heteroatoms. The zero-order valence-electron chi connectivity index (χ0n) is 19.9. The summed E-state index contributed by atoms with van der Waals surface area (Å²) in [5, 5.41) is 0. The van der Waals surface area contributed by atoms with Crippen molar-refractivity contribution in [3.8, 4) is 0 Å². The van der Waals surface area contributed by atoms with Crippen LogP contribution < -0.4 is 0 Å². The Morgan fingerprint density at radius 2 is 1.88 bits per heavy atom. The average molecular weight is 457 g/mol. The number of carbonyl (C=O) groups excluding carboxylic acids is 3. The number of allylic oxidation sites excluding steroid dienone is 2. The molecule has 0 radical (unpaired) electrons. The number of fused-ring (bicyclic) bond motifs is 5. The molecule has 3 saturated carbocycles. The maximum atomic E-state index is 13.7. The number of ketones is 2. The highest BCUT2D eigenvalue weighted by Crippen LogP contribution is 2.77. The van der Waals surface area contributed by atoms with E-state index >= 15 is 0 Å². The van der Waals surface area contributed by atoms with Crippen molar-refractivity contribution in [3.05, 3.63) is 23.8 Å². The van der Waals surface area contributed by atoms with Gasteiger partial charge < -0.3 is 18.9 Å². The number of Topliss-reactive ketones (excluding diaryl/α,β-unsaturated/α-hetero) is 1. The number of carbonyl (C=O) groups is 3. The topological polar surface area (TPSA) is 91.4 Å². The van der Waals surface area contributed by atoms with Crippen LogP contribution in [0.15, 0.2) is 23.8 Å². The molecule has 6 aliphatic rings. The molecule has 1 spiro atoms. The second kappa shape index (κ2) is 6.23. The van der Waals surface area contributed by atoms with Gasteiger partial charge in [0.05, 0.1) is 12.2 Å². The number of esters is 1. The van der Waals surface area contributed by atoms with E-state index in [0.717, 1.165) is 18.4 Å². The first-order chi connectivity index (χ1) is 15.4. The Morgan fingerprint density at radius 1 is 1.12 bits per heavy atom. The van der Waals surface area contributed by atoms with Crippen LogP contribution in [-0.2, 0) is 33.3 Å². The summed E-state index contributed by atoms with van der Waals surface area (Å²) in [7, 11) is 0. The molecule has 178 valence electrons. The first kappa shape index (κ1) is 21.7. The van der Waals surface area contributed by atoms with Gasteiger partial charge in [0.15, 0.2) is 23.8 Å². The first-order valence-corrected chi connectivity index (χ1v) is 12.1. The van der Waals surface area contributed by atoms with E-state index in [1.165, 1.54) is 6.92 Å². The molecule has 2 saturated heterocycles. The number of rotatable bonds is 3. The Balaban J connectivity index is 1.42. The van der Waals surface area contributed by atoms with Gasteiger partial charge in [-0.1, -0.05) is 18.6 Å². The lowest BCUT2D eigenvalue weighted by Gasteiger charge is -2.56. The van der Waals surface area contributed by atoms with Crippen LogP contribution in [0.3, 0.4) is 0 Å². The van der Waals surface area contributed by atoms with E-state index in [1.54, 1.807) is 12.2 Å². The van der Waals surface area contributed by atoms with Gasteiger partial charge in [0.2, 0.25) is 5.78 Å². The van der Waals surface area contributed by atoms with Gasteiger partial charge in [-0.15, -0.1) is 0 Å². The summed E-state index contributed by atoms with van der Waals surface area (Å²) in [6.07, 6.45) is 8.21. The Morgan fingerprint density at radius 3 is 2.61 bits per heavy atom. The monoisotopic (exact) mass is 456 g/mol. The van der Waals surface area contributed by atoms with E-state index in [9.17, 15) is 14.4 Å². The van der Waals surface area contributed by atoms with E-state index < -0.39 is 28.9 Å². The molecular weight excluding hydrogens is 424 g/mol. The van der Waals surface area contributed by atoms with Crippen LogP contribution in [0.1, 0.15) is 60.3 Å². The molecule has 0 amide bonds. The lowest BCUT2D eigenvalue weighted by molar-refractivity contribution is -0.212. The molecule has 8 atom stereocenters. The standard InChI is InChI=1S/C26H32O7/c1-14(27)30-13-19(29)26-20(31-22(2,3)33-26)11-18-17-7-6-15-10-16(28)8-9-23(15,4)25(17)21(32-25)12-24(18,26)5/h8-10,17-18,20-21H,6-7,11-13H2,1-5H3/t17-,18-,20?,21-,23-,24-,25+,26+/m0/s1. The molecule has 0 aromatic rings. The van der Waals surface area contributed by atoms with Crippen LogP contribution in [0.4, 0.5) is 0 Å². The molecule has 2 heterocycles. The van der Waals surface area contributed by atoms with Crippen molar-refractivity contribution >= 4 is 17.5 Å². The van der Waals surface area contributed by atoms with Crippen molar-refractivity contribution in [2.75, 3.05) is 6.61 Å². The van der Waals surface area contributed by atoms with Gasteiger partial charge in [-0.2, -0.15) is 0 Å². The smallest absolute Gasteiger partial charge is 0.303 e. The second-order valence-corrected chi connectivity index (χ2v) is 11.7. The first-order valence-electron chi connectivity index (χ1n) is 12.1. The predicted octanol–water partition coefficient (Wildman–Crippen LogP) is 3.06. The zero-order chi connectivity index (χ0) is 23.6. The van der Waals surface area contributed by atoms with E-state index in [1.807, 2.05) is 19.9 Å². The largest absolute Gasteiger partial charge is 0.458 e. The average Bonchev–Trinajstić information content (AvgIpc) is 3.30. The van der Waals surface area contributed by atoms with Gasteiger partial charge in [-0.3, -0.25) is 14.4 Å². The van der Waals surface area contributed by atoms with E-state index in [4.69, 9.17) is 18.9 Å². The highest BCUT2D eigenvalue weighted by Gasteiger charge is 2.84. The predicted molar refractivity (Wildman–Crippen MR) is 116 cm³/mol. The molecule has 33 heavy (non-hydrogen) atoms. The van der Waals surface area contributed by atoms with Crippen molar-refractivity contribution in [2.24, 2.45) is 22.7 Å². The van der Waals surface area contributed by atoms with E-state index in [-0.39, 0.29) is 47.1 Å². The zero-order valence-corrected chi connectivity index (χ0v) is 19.9. The number of hydrogen-bond donors (Lipinski definition) is 0. The van der Waals surface area contributed by atoms with Crippen molar-refractivity contribution in [2.45, 2.75) is 89.5 Å². The van der Waals surface area contributed by atoms with Crippen LogP contribution in [0.25, 0.3) is 0 Å². The third-order valence-corrected chi connectivity index (χ3v) is 9.75. The minimum atomic E-state index is -1.18. The van der Waals surface area contributed by atoms with Gasteiger partial charge in [-0.25, -0.2) is 0 Å². The summed E-state index contributed by atoms with van der Waals surface area (Å²) >= 11 is 0. The van der Waals surface area contributed by atoms with Gasteiger partial charge in [-0.05, 0) is 70.4 Å². The summed E-state index contributed by atoms with van der Waals surface area (Å²) < 4.78 is 24.6. The number of hydrogen-bond acceptors (Lipinski definition) is 7. The molecule has 4 aliphatic carbocycles. The molecule has 2 aliphatic heterocycles. The Bertz CT molecular complexity index is 1040. The Kier molecular flexibility index (Phi) is 4.10. The summed E-state index contributed by atoms with van der Waals surface area (Å²) in [5.41, 5.74) is -1.20. The third kappa shape index (κ3) is 2.43. The normalized spacial score (nSPS) is 50.3. The Labute approximate surface area is 193 Å². The second-order valence-electron chi connectivity index (χ2n) is 11.7. The lowest BCUT2D eigenvalue weighted by Crippen LogP contribution is -2.63. The summed E-state index contributed by atoms with van der Waals surface area (Å²) in [5.74, 6) is -1.18. The van der Waals surface area contributed by atoms with Gasteiger partial charge in [0.25, 0.3) is 0 Å². The molecular formula is C26H32O7. The molecule has 0 aromatic carbocycles. The van der Waals surface area contributed by atoms with Crippen LogP contribution in [0, 0.1) is 22.7 Å². The van der Waals surface area contributed by atoms with Crippen LogP contribution >= 0.6 is 0 Å². The van der Waals surface area contributed by atoms with Crippen molar-refractivity contribution < 1.29 is 33.3 Å². The molecule has 0 N–H and O–H groups in total. The van der Waals surface area contributed by atoms with Crippen LogP contribution in [0.5, 0.6) is 0 Å². The Hall–Kier alpha value is -1.83. The molecule has 7 nitrogen and oxygen atoms in total. The fraction of sp³-hybridized carbons (Fsp3) is 0.731. The van der Waals surface area contributed by atoms with Crippen molar-refractivity contribution in [1.82, 2.24) is 0 Å². The molecule has 5 fully saturated rings. The maximum absolute atomic E-state index is 13.7. The lowest BCUT2D eigenvalue weighted by atomic mass is 9.46. The fourth-order valence-corrected chi connectivity index (χ4v) is 8.52. The van der Waals surface area contributed by atoms with Gasteiger partial charge in [0.1, 0.15) is 5.60 Å². The van der Waals surface area contributed by atoms with E-state index in [0.29, 0.717) is 12.8 Å². The summed E-state index contributed by atoms with van der Waals surface area (Å²) in [6, 6.07) is 0. The highest BCUT2D eigenvalue weighted by atomic mass is 16.8. The molecule has 0 aromatic heterocycles. The van der Waals surface area contributed by atoms with E-state index in [2.05, 4.69) is 13.8 Å². The van der Waals surface area contributed by atoms with Crippen molar-refractivity contribution in [1.29, 1.82) is 0 Å². The SMILES string of the molecule is CC(=O)OCC(=O)[C@@]12OC(C)(C)OC1C[C@H]1[C@@H]3CCC4=CC(=O)C=C[C@]4(C)[C@@]34O[C@H]4C[C@@]12C. The number of ether oxygens (including phenoxy) is 4. The summed E-state index contributed by atoms with van der Waals surface area (Å²) in [6.45, 7) is 9.02. The van der Waals surface area contributed by atoms with Gasteiger partial charge >= 0.3 is 5.97 Å². The maximum Gasteiger partial charge on any atom is 0.303 e. The molecule has 1 unspecified atom stereocenters. The molecule has 0 bridgehead atoms. The fourth-order valence-electron chi connectivity index (χ4n) is 8.52. The minimum absolute atomic E-state index is 0.0280.